The van der Waals surface area contributed by atoms with E-state index in [0.29, 0.717) is 19.2 Å². The van der Waals surface area contributed by atoms with Crippen LogP contribution in [0.15, 0.2) is 36.4 Å². The van der Waals surface area contributed by atoms with E-state index in [1.165, 1.54) is 17.0 Å². The molecule has 1 heterocycles. The first-order valence-electron chi connectivity index (χ1n) is 18.5. The Hall–Kier alpha value is -4.97. The zero-order valence-electron chi connectivity index (χ0n) is 34.3. The van der Waals surface area contributed by atoms with Crippen molar-refractivity contribution in [3.05, 3.63) is 63.7 Å². The van der Waals surface area contributed by atoms with Crippen LogP contribution in [0.1, 0.15) is 64.4 Å². The number of nitrogens with one attached hydrogen (secondary N) is 3. The summed E-state index contributed by atoms with van der Waals surface area (Å²) in [5.74, 6) is -5.93. The molecule has 0 aliphatic carbocycles. The maximum Gasteiger partial charge on any atom is 0.257 e. The molecule has 12 nitrogen and oxygen atoms in total. The fraction of sp³-hybridized carbons (Fsp3) is 0.333. The molecule has 1 aliphatic rings. The number of anilines is 2. The Balaban J connectivity index is 1.87. The SMILES string of the molecule is [2H]C([2H])([2H])Oc1cc(C(=O)Nc2cc3c(cc2Oc2cc(C)cc(C)c2)C(=O)N[C@@H](CC(=O)N(CC)CC)C(=O)N3)c(Cl)c(OC([2H])([2H])[2H])c1OC([2H])([2H])[2H]. The second kappa shape index (κ2) is 14.4. The number of carbonyl (C=O) groups is 4. The highest BCUT2D eigenvalue weighted by molar-refractivity contribution is 6.36. The van der Waals surface area contributed by atoms with Crippen molar-refractivity contribution in [3.8, 4) is 28.7 Å². The average Bonchev–Trinajstić information content (AvgIpc) is 3.13. The Bertz CT molecular complexity index is 1980. The van der Waals surface area contributed by atoms with Gasteiger partial charge in [-0.05, 0) is 69.2 Å². The standard InChI is InChI=1S/C33H37ClN4O8/c1-8-38(9-2)27(39)16-24-33(42)35-22-15-23(36-32(41)21-14-26(43-5)29(44-6)30(45-7)28(21)34)25(13-20(22)31(40)37-24)46-19-11-17(3)10-18(4)12-19/h10-15,24H,8-9,16H2,1-7H3,(H,35,42)(H,36,41)(H,37,40)/t24-/m0/s1/i5D3,6D3,7D3. The largest absolute Gasteiger partial charge is 0.493 e. The van der Waals surface area contributed by atoms with E-state index in [9.17, 15) is 19.2 Å². The molecule has 3 N–H and O–H groups in total. The highest BCUT2D eigenvalue weighted by Crippen LogP contribution is 2.45. The summed E-state index contributed by atoms with van der Waals surface area (Å²) >= 11 is 6.47. The maximum absolute atomic E-state index is 14.0. The number of hydrogen-bond acceptors (Lipinski definition) is 8. The van der Waals surface area contributed by atoms with Gasteiger partial charge in [-0.1, -0.05) is 17.7 Å². The molecule has 1 aliphatic heterocycles. The number of carbonyl (C=O) groups excluding carboxylic acids is 4. The van der Waals surface area contributed by atoms with Gasteiger partial charge in [-0.15, -0.1) is 0 Å². The summed E-state index contributed by atoms with van der Waals surface area (Å²) in [5, 5.41) is 6.85. The number of ether oxygens (including phenoxy) is 4. The van der Waals surface area contributed by atoms with Gasteiger partial charge in [0.2, 0.25) is 17.6 Å². The van der Waals surface area contributed by atoms with Crippen LogP contribution in [0.3, 0.4) is 0 Å². The summed E-state index contributed by atoms with van der Waals surface area (Å²) in [6, 6.07) is 7.06. The Morgan fingerprint density at radius 3 is 2.26 bits per heavy atom. The predicted octanol–water partition coefficient (Wildman–Crippen LogP) is 5.34. The molecule has 0 saturated heterocycles. The molecule has 0 radical (unpaired) electrons. The van der Waals surface area contributed by atoms with Gasteiger partial charge in [-0.3, -0.25) is 19.2 Å². The third kappa shape index (κ3) is 7.12. The van der Waals surface area contributed by atoms with Crippen LogP contribution in [0, 0.1) is 13.8 Å². The molecular formula is C33H37ClN4O8. The molecule has 3 aromatic carbocycles. The molecule has 0 aromatic heterocycles. The molecule has 4 rings (SSSR count). The van der Waals surface area contributed by atoms with Gasteiger partial charge in [0.15, 0.2) is 17.2 Å². The molecule has 46 heavy (non-hydrogen) atoms. The smallest absolute Gasteiger partial charge is 0.257 e. The zero-order valence-corrected chi connectivity index (χ0v) is 26.0. The van der Waals surface area contributed by atoms with Crippen LogP contribution >= 0.6 is 11.6 Å². The summed E-state index contributed by atoms with van der Waals surface area (Å²) < 4.78 is 89.0. The molecule has 0 fully saturated rings. The molecular weight excluding hydrogens is 616 g/mol. The number of amides is 4. The van der Waals surface area contributed by atoms with Crippen molar-refractivity contribution in [2.75, 3.05) is 44.8 Å². The van der Waals surface area contributed by atoms with Crippen molar-refractivity contribution in [2.24, 2.45) is 0 Å². The lowest BCUT2D eigenvalue weighted by atomic mass is 10.1. The van der Waals surface area contributed by atoms with Crippen LogP contribution in [-0.2, 0) is 9.59 Å². The Labute approximate surface area is 284 Å². The van der Waals surface area contributed by atoms with E-state index < -0.39 is 72.7 Å². The highest BCUT2D eigenvalue weighted by atomic mass is 35.5. The third-order valence-electron chi connectivity index (χ3n) is 7.11. The second-order valence-corrected chi connectivity index (χ2v) is 10.6. The molecule has 3 aromatic rings. The summed E-state index contributed by atoms with van der Waals surface area (Å²) in [5.41, 5.74) is 0.529. The molecule has 4 amide bonds. The van der Waals surface area contributed by atoms with Crippen molar-refractivity contribution in [3.63, 3.8) is 0 Å². The Kier molecular flexibility index (Phi) is 7.33. The van der Waals surface area contributed by atoms with Crippen LogP contribution < -0.4 is 34.9 Å². The molecule has 244 valence electrons. The van der Waals surface area contributed by atoms with Crippen molar-refractivity contribution >= 4 is 46.6 Å². The average molecular weight is 662 g/mol. The normalized spacial score (nSPS) is 17.6. The summed E-state index contributed by atoms with van der Waals surface area (Å²) in [6.45, 7) is 7.92. The van der Waals surface area contributed by atoms with Crippen molar-refractivity contribution in [2.45, 2.75) is 40.2 Å². The predicted molar refractivity (Wildman–Crippen MR) is 174 cm³/mol. The van der Waals surface area contributed by atoms with Gasteiger partial charge in [0, 0.05) is 13.1 Å². The lowest BCUT2D eigenvalue weighted by Crippen LogP contribution is -2.45. The second-order valence-electron chi connectivity index (χ2n) is 10.3. The molecule has 0 spiro atoms. The highest BCUT2D eigenvalue weighted by Gasteiger charge is 2.32. The van der Waals surface area contributed by atoms with Gasteiger partial charge in [-0.2, -0.15) is 0 Å². The minimum Gasteiger partial charge on any atom is -0.493 e. The zero-order chi connectivity index (χ0) is 41.2. The maximum atomic E-state index is 14.0. The molecule has 0 bridgehead atoms. The van der Waals surface area contributed by atoms with E-state index in [1.807, 2.05) is 19.9 Å². The minimum atomic E-state index is -3.32. The topological polar surface area (TPSA) is 145 Å². The fourth-order valence-electron chi connectivity index (χ4n) is 4.93. The number of nitrogens with zero attached hydrogens (tertiary/aromatic N) is 1. The summed E-state index contributed by atoms with van der Waals surface area (Å²) in [7, 11) is -9.90. The lowest BCUT2D eigenvalue weighted by molar-refractivity contribution is -0.133. The Morgan fingerprint density at radius 1 is 0.935 bits per heavy atom. The molecule has 0 saturated carbocycles. The van der Waals surface area contributed by atoms with Gasteiger partial charge in [0.25, 0.3) is 11.8 Å². The number of fused-ring (bicyclic) bond motifs is 1. The fourth-order valence-corrected chi connectivity index (χ4v) is 5.19. The van der Waals surface area contributed by atoms with Crippen LogP contribution in [0.2, 0.25) is 5.02 Å². The van der Waals surface area contributed by atoms with Crippen LogP contribution in [0.25, 0.3) is 0 Å². The molecule has 13 heteroatoms. The number of hydrogen-bond donors (Lipinski definition) is 3. The quantitative estimate of drug-likeness (QED) is 0.250. The van der Waals surface area contributed by atoms with Crippen LogP contribution in [-0.4, -0.2) is 68.8 Å². The minimum absolute atomic E-state index is 0.102. The van der Waals surface area contributed by atoms with Crippen LogP contribution in [0.4, 0.5) is 11.4 Å². The van der Waals surface area contributed by atoms with Gasteiger partial charge in [-0.25, -0.2) is 0 Å². The number of aryl methyl sites for hydroxylation is 2. The van der Waals surface area contributed by atoms with Crippen molar-refractivity contribution < 1.29 is 50.5 Å². The first-order valence-corrected chi connectivity index (χ1v) is 14.3. The Morgan fingerprint density at radius 2 is 1.61 bits per heavy atom. The van der Waals surface area contributed by atoms with Crippen molar-refractivity contribution in [1.29, 1.82) is 0 Å². The van der Waals surface area contributed by atoms with Gasteiger partial charge >= 0.3 is 0 Å². The summed E-state index contributed by atoms with van der Waals surface area (Å²) in [6.07, 6.45) is -0.343. The monoisotopic (exact) mass is 661 g/mol. The van der Waals surface area contributed by atoms with Crippen LogP contribution in [0.5, 0.6) is 28.7 Å². The first-order chi connectivity index (χ1) is 25.4. The number of methoxy groups -OCH3 is 3. The number of benzene rings is 3. The van der Waals surface area contributed by atoms with E-state index >= 15 is 0 Å². The van der Waals surface area contributed by atoms with Crippen molar-refractivity contribution in [1.82, 2.24) is 10.2 Å². The van der Waals surface area contributed by atoms with Gasteiger partial charge < -0.3 is 39.8 Å². The molecule has 1 atom stereocenters. The van der Waals surface area contributed by atoms with Gasteiger partial charge in [0.05, 0.1) is 67.4 Å². The van der Waals surface area contributed by atoms with E-state index in [4.69, 9.17) is 42.9 Å². The first kappa shape index (κ1) is 23.4. The van der Waals surface area contributed by atoms with E-state index in [1.54, 1.807) is 26.0 Å². The van der Waals surface area contributed by atoms with E-state index in [-0.39, 0.29) is 40.8 Å². The van der Waals surface area contributed by atoms with Gasteiger partial charge in [0.1, 0.15) is 11.8 Å². The summed E-state index contributed by atoms with van der Waals surface area (Å²) in [4.78, 5) is 55.3. The molecule has 0 unspecified atom stereocenters. The number of halogens is 1. The lowest BCUT2D eigenvalue weighted by Gasteiger charge is -2.21. The number of rotatable bonds is 11. The third-order valence-corrected chi connectivity index (χ3v) is 7.49. The van der Waals surface area contributed by atoms with E-state index in [2.05, 4.69) is 16.0 Å². The van der Waals surface area contributed by atoms with E-state index in [0.717, 1.165) is 11.1 Å².